The highest BCUT2D eigenvalue weighted by Crippen LogP contribution is 2.23. The number of aromatic nitrogens is 3. The van der Waals surface area contributed by atoms with E-state index in [2.05, 4.69) is 26.8 Å². The molecule has 0 saturated carbocycles. The molecule has 3 rings (SSSR count). The monoisotopic (exact) mass is 288 g/mol. The van der Waals surface area contributed by atoms with E-state index in [1.54, 1.807) is 36.8 Å². The van der Waals surface area contributed by atoms with Crippen molar-refractivity contribution in [1.29, 1.82) is 0 Å². The van der Waals surface area contributed by atoms with Crippen LogP contribution in [-0.2, 0) is 0 Å². The second kappa shape index (κ2) is 5.94. The highest BCUT2D eigenvalue weighted by molar-refractivity contribution is 5.65. The van der Waals surface area contributed by atoms with E-state index in [0.717, 1.165) is 11.1 Å². The van der Waals surface area contributed by atoms with Gasteiger partial charge in [-0.05, 0) is 36.4 Å². The van der Waals surface area contributed by atoms with Gasteiger partial charge in [0.2, 0.25) is 5.95 Å². The summed E-state index contributed by atoms with van der Waals surface area (Å²) < 4.78 is 0. The van der Waals surface area contributed by atoms with Gasteiger partial charge in [-0.2, -0.15) is 0 Å². The molecule has 0 saturated heterocycles. The second-order valence-electron chi connectivity index (χ2n) is 4.56. The van der Waals surface area contributed by atoms with Crippen molar-refractivity contribution in [2.75, 3.05) is 5.73 Å². The highest BCUT2D eigenvalue weighted by atomic mass is 16.3. The van der Waals surface area contributed by atoms with Crippen LogP contribution < -0.4 is 5.73 Å². The minimum atomic E-state index is 0.116. The van der Waals surface area contributed by atoms with Gasteiger partial charge in [0.25, 0.3) is 0 Å². The Balaban J connectivity index is 1.99. The summed E-state index contributed by atoms with van der Waals surface area (Å²) in [6, 6.07) is 10.5. The van der Waals surface area contributed by atoms with Crippen LogP contribution in [0.5, 0.6) is 5.75 Å². The van der Waals surface area contributed by atoms with Gasteiger partial charge in [-0.3, -0.25) is 4.98 Å². The van der Waals surface area contributed by atoms with Crippen LogP contribution in [-0.4, -0.2) is 20.1 Å². The zero-order chi connectivity index (χ0) is 15.4. The normalized spacial score (nSPS) is 9.82. The van der Waals surface area contributed by atoms with Crippen molar-refractivity contribution in [2.24, 2.45) is 0 Å². The van der Waals surface area contributed by atoms with E-state index in [9.17, 15) is 5.11 Å². The number of hydrogen-bond acceptors (Lipinski definition) is 5. The van der Waals surface area contributed by atoms with Gasteiger partial charge in [-0.15, -0.1) is 0 Å². The van der Waals surface area contributed by atoms with Gasteiger partial charge in [0.05, 0.1) is 5.69 Å². The molecule has 2 aromatic heterocycles. The van der Waals surface area contributed by atoms with E-state index in [0.29, 0.717) is 11.3 Å². The Morgan fingerprint density at radius 1 is 1.00 bits per heavy atom. The summed E-state index contributed by atoms with van der Waals surface area (Å²) >= 11 is 0. The van der Waals surface area contributed by atoms with Crippen molar-refractivity contribution < 1.29 is 5.11 Å². The minimum Gasteiger partial charge on any atom is -0.508 e. The second-order valence-corrected chi connectivity index (χ2v) is 4.56. The number of rotatable bonds is 1. The molecule has 5 nitrogen and oxygen atoms in total. The Morgan fingerprint density at radius 2 is 1.86 bits per heavy atom. The molecule has 3 aromatic rings. The Hall–Kier alpha value is -3.39. The number of hydrogen-bond donors (Lipinski definition) is 2. The number of benzene rings is 1. The van der Waals surface area contributed by atoms with Crippen LogP contribution in [0, 0.1) is 11.8 Å². The molecule has 106 valence electrons. The first kappa shape index (κ1) is 13.6. The van der Waals surface area contributed by atoms with Crippen LogP contribution in [0.2, 0.25) is 0 Å². The van der Waals surface area contributed by atoms with Crippen molar-refractivity contribution in [1.82, 2.24) is 15.0 Å². The molecule has 0 aliphatic carbocycles. The number of anilines is 1. The predicted molar refractivity (Wildman–Crippen MR) is 83.8 cm³/mol. The van der Waals surface area contributed by atoms with E-state index in [4.69, 9.17) is 5.73 Å². The average Bonchev–Trinajstić information content (AvgIpc) is 2.53. The lowest BCUT2D eigenvalue weighted by molar-refractivity contribution is 0.475. The molecule has 0 atom stereocenters. The molecule has 0 bridgehead atoms. The summed E-state index contributed by atoms with van der Waals surface area (Å²) in [5.74, 6) is 6.30. The summed E-state index contributed by atoms with van der Waals surface area (Å²) in [4.78, 5) is 12.0. The molecule has 0 aliphatic heterocycles. The maximum absolute atomic E-state index is 9.87. The molecule has 0 amide bonds. The summed E-state index contributed by atoms with van der Waals surface area (Å²) in [5, 5.41) is 9.87. The number of phenolic OH excluding ortho intramolecular Hbond substituents is 1. The van der Waals surface area contributed by atoms with Gasteiger partial charge in [-0.25, -0.2) is 9.97 Å². The highest BCUT2D eigenvalue weighted by Gasteiger charge is 2.04. The lowest BCUT2D eigenvalue weighted by Crippen LogP contribution is -1.95. The van der Waals surface area contributed by atoms with Crippen molar-refractivity contribution in [2.45, 2.75) is 0 Å². The number of aromatic hydroxyl groups is 1. The quantitative estimate of drug-likeness (QED) is 0.671. The van der Waals surface area contributed by atoms with Gasteiger partial charge in [0, 0.05) is 35.3 Å². The van der Waals surface area contributed by atoms with Gasteiger partial charge in [0.15, 0.2) is 0 Å². The number of nitrogens with zero attached hydrogens (tertiary/aromatic N) is 3. The van der Waals surface area contributed by atoms with Crippen LogP contribution in [0.3, 0.4) is 0 Å². The van der Waals surface area contributed by atoms with E-state index < -0.39 is 0 Å². The van der Waals surface area contributed by atoms with E-state index in [-0.39, 0.29) is 11.7 Å². The van der Waals surface area contributed by atoms with Gasteiger partial charge >= 0.3 is 0 Å². The van der Waals surface area contributed by atoms with E-state index in [1.807, 2.05) is 18.2 Å². The molecule has 0 fully saturated rings. The van der Waals surface area contributed by atoms with Crippen LogP contribution in [0.25, 0.3) is 11.3 Å². The first-order chi connectivity index (χ1) is 10.7. The Kier molecular flexibility index (Phi) is 3.67. The molecule has 22 heavy (non-hydrogen) atoms. The number of nitrogen functional groups attached to an aromatic ring is 1. The van der Waals surface area contributed by atoms with E-state index >= 15 is 0 Å². The minimum absolute atomic E-state index is 0.116. The lowest BCUT2D eigenvalue weighted by Gasteiger charge is -2.03. The van der Waals surface area contributed by atoms with Crippen molar-refractivity contribution in [3.63, 3.8) is 0 Å². The fourth-order valence-electron chi connectivity index (χ4n) is 1.95. The van der Waals surface area contributed by atoms with Gasteiger partial charge in [-0.1, -0.05) is 11.8 Å². The molecular formula is C17H12N4O. The molecule has 0 spiro atoms. The maximum Gasteiger partial charge on any atom is 0.220 e. The largest absolute Gasteiger partial charge is 0.508 e. The van der Waals surface area contributed by atoms with Gasteiger partial charge in [0.1, 0.15) is 5.75 Å². The molecule has 0 aliphatic rings. The summed E-state index contributed by atoms with van der Waals surface area (Å²) in [6.07, 6.45) is 4.95. The van der Waals surface area contributed by atoms with Crippen LogP contribution >= 0.6 is 0 Å². The Morgan fingerprint density at radius 3 is 2.64 bits per heavy atom. The van der Waals surface area contributed by atoms with Gasteiger partial charge < -0.3 is 10.8 Å². The SMILES string of the molecule is Nc1nccc(-c2cc(O)cc(C#Cc3cccnc3)c2)n1. The number of pyridine rings is 1. The Bertz CT molecular complexity index is 867. The summed E-state index contributed by atoms with van der Waals surface area (Å²) in [6.45, 7) is 0. The topological polar surface area (TPSA) is 84.9 Å². The summed E-state index contributed by atoms with van der Waals surface area (Å²) in [5.41, 5.74) is 8.43. The number of nitrogens with two attached hydrogens (primary N) is 1. The fourth-order valence-corrected chi connectivity index (χ4v) is 1.95. The van der Waals surface area contributed by atoms with Crippen LogP contribution in [0.15, 0.2) is 55.0 Å². The fraction of sp³-hybridized carbons (Fsp3) is 0. The van der Waals surface area contributed by atoms with Crippen LogP contribution in [0.1, 0.15) is 11.1 Å². The predicted octanol–water partition coefficient (Wildman–Crippen LogP) is 2.23. The Labute approximate surface area is 127 Å². The first-order valence-corrected chi connectivity index (χ1v) is 6.56. The smallest absolute Gasteiger partial charge is 0.220 e. The van der Waals surface area contributed by atoms with E-state index in [1.165, 1.54) is 0 Å². The molecule has 0 unspecified atom stereocenters. The molecular weight excluding hydrogens is 276 g/mol. The third-order valence-corrected chi connectivity index (χ3v) is 2.90. The van der Waals surface area contributed by atoms with Crippen molar-refractivity contribution in [3.05, 3.63) is 66.1 Å². The summed E-state index contributed by atoms with van der Waals surface area (Å²) in [7, 11) is 0. The molecule has 3 N–H and O–H groups in total. The zero-order valence-corrected chi connectivity index (χ0v) is 11.6. The average molecular weight is 288 g/mol. The lowest BCUT2D eigenvalue weighted by atomic mass is 10.1. The molecule has 0 radical (unpaired) electrons. The maximum atomic E-state index is 9.87. The molecule has 2 heterocycles. The third-order valence-electron chi connectivity index (χ3n) is 2.90. The third kappa shape index (κ3) is 3.19. The standard InChI is InChI=1S/C17H12N4O/c18-17-20-7-5-16(21-17)14-8-13(9-15(22)10-14)4-3-12-2-1-6-19-11-12/h1-2,5-11,22H,(H2,18,20,21). The number of phenols is 1. The molecule has 5 heteroatoms. The van der Waals surface area contributed by atoms with Crippen molar-refractivity contribution in [3.8, 4) is 28.8 Å². The zero-order valence-electron chi connectivity index (χ0n) is 11.6. The first-order valence-electron chi connectivity index (χ1n) is 6.56. The van der Waals surface area contributed by atoms with Crippen LogP contribution in [0.4, 0.5) is 5.95 Å². The van der Waals surface area contributed by atoms with Crippen molar-refractivity contribution >= 4 is 5.95 Å². The molecule has 1 aromatic carbocycles.